The second-order valence-corrected chi connectivity index (χ2v) is 10.5. The van der Waals surface area contributed by atoms with Crippen LogP contribution in [-0.2, 0) is 17.6 Å². The number of thiophene rings is 1. The van der Waals surface area contributed by atoms with Gasteiger partial charge < -0.3 is 14.7 Å². The van der Waals surface area contributed by atoms with Gasteiger partial charge in [-0.25, -0.2) is 4.98 Å². The van der Waals surface area contributed by atoms with Crippen LogP contribution < -0.4 is 5.56 Å². The lowest BCUT2D eigenvalue weighted by atomic mass is 10.0. The molecule has 1 aromatic carbocycles. The number of aromatic amines is 1. The number of hydrogen-bond acceptors (Lipinski definition) is 7. The molecule has 38 heavy (non-hydrogen) atoms. The molecule has 10 nitrogen and oxygen atoms in total. The standard InChI is InChI=1S/C24H17Cl2N7O3S.ClH/c25-13-1-4-17(32-11-27-30-31-32)16(9-13)12-7-14-2-5-18(33(14)20(34)8-12)24-28-22(23(26)29-24)19-6-3-15(37-19)10-21(35)36;/h1,3-4,6-9,11,18H,2,5,10H2,(H,28,29)(H,35,36);1H/t18-;/m0./s1. The highest BCUT2D eigenvalue weighted by atomic mass is 35.5. The number of aliphatic carboxylic acids is 1. The van der Waals surface area contributed by atoms with E-state index in [9.17, 15) is 9.59 Å². The molecule has 0 radical (unpaired) electrons. The zero-order chi connectivity index (χ0) is 25.7. The van der Waals surface area contributed by atoms with Crippen molar-refractivity contribution >= 4 is 52.9 Å². The van der Waals surface area contributed by atoms with Crippen molar-refractivity contribution < 1.29 is 9.90 Å². The van der Waals surface area contributed by atoms with Gasteiger partial charge in [-0.3, -0.25) is 9.59 Å². The van der Waals surface area contributed by atoms with Crippen molar-refractivity contribution in [2.75, 3.05) is 0 Å². The number of aromatic nitrogens is 7. The van der Waals surface area contributed by atoms with E-state index in [1.165, 1.54) is 22.3 Å². The number of pyridine rings is 1. The summed E-state index contributed by atoms with van der Waals surface area (Å²) in [7, 11) is 0. The number of fused-ring (bicyclic) bond motifs is 1. The molecule has 1 aliphatic heterocycles. The molecular weight excluding hydrogens is 573 g/mol. The van der Waals surface area contributed by atoms with Gasteiger partial charge in [0.25, 0.3) is 5.56 Å². The number of imidazole rings is 1. The van der Waals surface area contributed by atoms with Crippen LogP contribution in [0.5, 0.6) is 0 Å². The Kier molecular flexibility index (Phi) is 7.10. The molecule has 0 amide bonds. The summed E-state index contributed by atoms with van der Waals surface area (Å²) in [5, 5.41) is 21.3. The summed E-state index contributed by atoms with van der Waals surface area (Å²) in [5.74, 6) is -0.315. The summed E-state index contributed by atoms with van der Waals surface area (Å²) < 4.78 is 3.26. The zero-order valence-corrected chi connectivity index (χ0v) is 22.5. The van der Waals surface area contributed by atoms with Crippen LogP contribution in [0, 0.1) is 0 Å². The van der Waals surface area contributed by atoms with Crippen LogP contribution >= 0.6 is 46.9 Å². The van der Waals surface area contributed by atoms with Gasteiger partial charge in [-0.05, 0) is 65.2 Å². The lowest BCUT2D eigenvalue weighted by molar-refractivity contribution is -0.136. The average Bonchev–Trinajstić information content (AvgIpc) is 3.65. The molecule has 0 fully saturated rings. The first-order valence-electron chi connectivity index (χ1n) is 11.2. The van der Waals surface area contributed by atoms with Crippen LogP contribution in [0.3, 0.4) is 0 Å². The Morgan fingerprint density at radius 3 is 2.79 bits per heavy atom. The Morgan fingerprint density at radius 1 is 1.18 bits per heavy atom. The van der Waals surface area contributed by atoms with Crippen LogP contribution in [0.4, 0.5) is 0 Å². The topological polar surface area (TPSA) is 132 Å². The summed E-state index contributed by atoms with van der Waals surface area (Å²) in [6, 6.07) is 12.1. The van der Waals surface area contributed by atoms with Crippen molar-refractivity contribution in [1.29, 1.82) is 0 Å². The van der Waals surface area contributed by atoms with Crippen LogP contribution in [0.2, 0.25) is 10.2 Å². The number of tetrazole rings is 1. The van der Waals surface area contributed by atoms with Gasteiger partial charge in [-0.1, -0.05) is 23.2 Å². The Labute approximate surface area is 235 Å². The number of carbonyl (C=O) groups is 1. The Balaban J connectivity index is 0.00000294. The average molecular weight is 591 g/mol. The number of rotatable bonds is 6. The van der Waals surface area contributed by atoms with E-state index < -0.39 is 5.97 Å². The highest BCUT2D eigenvalue weighted by molar-refractivity contribution is 7.15. The fourth-order valence-electron chi connectivity index (χ4n) is 4.66. The summed E-state index contributed by atoms with van der Waals surface area (Å²) in [6.45, 7) is 0. The van der Waals surface area contributed by atoms with Crippen molar-refractivity contribution in [3.63, 3.8) is 0 Å². The lowest BCUT2D eigenvalue weighted by Crippen LogP contribution is -2.23. The van der Waals surface area contributed by atoms with Crippen LogP contribution in [0.1, 0.15) is 28.9 Å². The van der Waals surface area contributed by atoms with Gasteiger partial charge >= 0.3 is 5.97 Å². The van der Waals surface area contributed by atoms with E-state index >= 15 is 0 Å². The van der Waals surface area contributed by atoms with Gasteiger partial charge in [0.2, 0.25) is 0 Å². The second kappa shape index (κ2) is 10.3. The minimum atomic E-state index is -0.897. The number of nitrogens with one attached hydrogen (secondary N) is 1. The largest absolute Gasteiger partial charge is 0.481 e. The maximum absolute atomic E-state index is 13.4. The van der Waals surface area contributed by atoms with E-state index in [-0.39, 0.29) is 30.4 Å². The Hall–Kier alpha value is -3.51. The van der Waals surface area contributed by atoms with E-state index in [2.05, 4.69) is 20.5 Å². The molecule has 1 aliphatic rings. The predicted octanol–water partition coefficient (Wildman–Crippen LogP) is 4.83. The van der Waals surface area contributed by atoms with Crippen LogP contribution in [0.25, 0.3) is 27.4 Å². The fourth-order valence-corrected chi connectivity index (χ4v) is 6.12. The van der Waals surface area contributed by atoms with Crippen molar-refractivity contribution in [1.82, 2.24) is 34.7 Å². The number of halogens is 3. The van der Waals surface area contributed by atoms with Crippen LogP contribution in [0.15, 0.2) is 53.6 Å². The van der Waals surface area contributed by atoms with Gasteiger partial charge in [-0.15, -0.1) is 28.8 Å². The summed E-state index contributed by atoms with van der Waals surface area (Å²) in [6.07, 6.45) is 2.77. The molecule has 5 heterocycles. The third-order valence-electron chi connectivity index (χ3n) is 6.21. The molecule has 194 valence electrons. The van der Waals surface area contributed by atoms with Crippen LogP contribution in [-0.4, -0.2) is 45.8 Å². The molecule has 0 unspecified atom stereocenters. The molecule has 5 aromatic rings. The van der Waals surface area contributed by atoms with Gasteiger partial charge in [0, 0.05) is 27.2 Å². The normalized spacial score (nSPS) is 14.3. The smallest absolute Gasteiger partial charge is 0.308 e. The SMILES string of the molecule is Cl.O=C(O)Cc1ccc(-c2nc([C@@H]3CCc4cc(-c5cc(Cl)ccc5-n5cnnn5)cc(=O)n43)[nH]c2Cl)s1. The molecule has 14 heteroatoms. The molecule has 0 saturated carbocycles. The fraction of sp³-hybridized carbons (Fsp3) is 0.167. The molecule has 0 saturated heterocycles. The summed E-state index contributed by atoms with van der Waals surface area (Å²) in [5.41, 5.74) is 3.39. The third-order valence-corrected chi connectivity index (χ3v) is 7.81. The second-order valence-electron chi connectivity index (χ2n) is 8.54. The molecule has 2 N–H and O–H groups in total. The van der Waals surface area contributed by atoms with E-state index in [0.717, 1.165) is 16.1 Å². The molecule has 0 aliphatic carbocycles. The molecule has 1 atom stereocenters. The number of H-pyrrole nitrogens is 1. The first-order chi connectivity index (χ1) is 17.9. The Bertz CT molecular complexity index is 1710. The quantitative estimate of drug-likeness (QED) is 0.289. The minimum Gasteiger partial charge on any atom is -0.481 e. The van der Waals surface area contributed by atoms with Gasteiger partial charge in [0.05, 0.1) is 23.0 Å². The van der Waals surface area contributed by atoms with E-state index in [1.54, 1.807) is 34.9 Å². The third kappa shape index (κ3) is 4.73. The lowest BCUT2D eigenvalue weighted by Gasteiger charge is -2.14. The van der Waals surface area contributed by atoms with E-state index in [4.69, 9.17) is 33.3 Å². The van der Waals surface area contributed by atoms with Crippen molar-refractivity contribution in [3.05, 3.63) is 85.7 Å². The maximum atomic E-state index is 13.4. The monoisotopic (exact) mass is 589 g/mol. The maximum Gasteiger partial charge on any atom is 0.308 e. The number of aryl methyl sites for hydroxylation is 1. The summed E-state index contributed by atoms with van der Waals surface area (Å²) in [4.78, 5) is 33.7. The van der Waals surface area contributed by atoms with E-state index in [0.29, 0.717) is 50.7 Å². The first-order valence-corrected chi connectivity index (χ1v) is 12.8. The molecule has 6 rings (SSSR count). The van der Waals surface area contributed by atoms with Crippen molar-refractivity contribution in [3.8, 4) is 27.4 Å². The highest BCUT2D eigenvalue weighted by Gasteiger charge is 2.29. The Morgan fingerprint density at radius 2 is 2.03 bits per heavy atom. The number of carboxylic acids is 1. The number of hydrogen-bond donors (Lipinski definition) is 2. The van der Waals surface area contributed by atoms with Gasteiger partial charge in [0.1, 0.15) is 23.0 Å². The van der Waals surface area contributed by atoms with E-state index in [1.807, 2.05) is 12.1 Å². The molecule has 0 bridgehead atoms. The number of nitrogens with zero attached hydrogens (tertiary/aromatic N) is 6. The zero-order valence-electron chi connectivity index (χ0n) is 19.3. The molecular formula is C24H18Cl3N7O3S. The molecule has 0 spiro atoms. The number of carboxylic acid groups (broad SMARTS) is 1. The summed E-state index contributed by atoms with van der Waals surface area (Å²) >= 11 is 14.1. The number of benzene rings is 1. The first kappa shape index (κ1) is 26.1. The van der Waals surface area contributed by atoms with Crippen molar-refractivity contribution in [2.24, 2.45) is 0 Å². The van der Waals surface area contributed by atoms with Crippen molar-refractivity contribution in [2.45, 2.75) is 25.3 Å². The minimum absolute atomic E-state index is 0. The highest BCUT2D eigenvalue weighted by Crippen LogP contribution is 2.37. The molecule has 4 aromatic heterocycles. The predicted molar refractivity (Wildman–Crippen MR) is 146 cm³/mol. The van der Waals surface area contributed by atoms with Gasteiger partial charge in [-0.2, -0.15) is 4.68 Å². The van der Waals surface area contributed by atoms with Gasteiger partial charge in [0.15, 0.2) is 0 Å².